The maximum absolute atomic E-state index is 13.0. The predicted molar refractivity (Wildman–Crippen MR) is 115 cm³/mol. The number of hydrogen-bond acceptors (Lipinski definition) is 4. The molecule has 156 valence electrons. The van der Waals surface area contributed by atoms with E-state index in [2.05, 4.69) is 40.1 Å². The fourth-order valence-electron chi connectivity index (χ4n) is 4.43. The van der Waals surface area contributed by atoms with Gasteiger partial charge in [0.1, 0.15) is 0 Å². The molecular formula is C23H32N4O2. The van der Waals surface area contributed by atoms with Crippen LogP contribution in [0.25, 0.3) is 0 Å². The summed E-state index contributed by atoms with van der Waals surface area (Å²) in [6.07, 6.45) is 4.85. The summed E-state index contributed by atoms with van der Waals surface area (Å²) >= 11 is 0. The van der Waals surface area contributed by atoms with E-state index < -0.39 is 6.10 Å². The van der Waals surface area contributed by atoms with E-state index >= 15 is 0 Å². The van der Waals surface area contributed by atoms with Gasteiger partial charge in [-0.25, -0.2) is 0 Å². The second-order valence-electron chi connectivity index (χ2n) is 8.07. The average molecular weight is 397 g/mol. The summed E-state index contributed by atoms with van der Waals surface area (Å²) in [6, 6.07) is 10.6. The number of aromatic nitrogens is 1. The van der Waals surface area contributed by atoms with Gasteiger partial charge in [0.2, 0.25) is 0 Å². The van der Waals surface area contributed by atoms with Gasteiger partial charge in [0.15, 0.2) is 0 Å². The van der Waals surface area contributed by atoms with Crippen molar-refractivity contribution >= 4 is 11.6 Å². The van der Waals surface area contributed by atoms with E-state index in [4.69, 9.17) is 0 Å². The van der Waals surface area contributed by atoms with Gasteiger partial charge < -0.3 is 19.5 Å². The third-order valence-corrected chi connectivity index (χ3v) is 6.22. The van der Waals surface area contributed by atoms with Crippen molar-refractivity contribution in [1.82, 2.24) is 14.4 Å². The van der Waals surface area contributed by atoms with Crippen molar-refractivity contribution in [3.63, 3.8) is 0 Å². The Bertz CT molecular complexity index is 812. The summed E-state index contributed by atoms with van der Waals surface area (Å²) in [5.74, 6) is 0.0673. The largest absolute Gasteiger partial charge is 0.388 e. The summed E-state index contributed by atoms with van der Waals surface area (Å²) in [6.45, 7) is 9.46. The standard InChI is InChI=1S/C23H32N4O2/c1-2-24-17-20-21(18-24)23(29)27(12-9-22(20)28)11-6-10-25-13-15-26(16-14-25)19-7-4-3-5-8-19/h3-5,7-8,17-18,22,28H,2,6,9-16H2,1H3. The summed E-state index contributed by atoms with van der Waals surface area (Å²) in [4.78, 5) is 19.8. The van der Waals surface area contributed by atoms with Crippen molar-refractivity contribution in [2.45, 2.75) is 32.4 Å². The number of fused-ring (bicyclic) bond motifs is 1. The lowest BCUT2D eigenvalue weighted by Crippen LogP contribution is -2.47. The molecule has 2 aliphatic heterocycles. The molecule has 1 N–H and O–H groups in total. The molecule has 6 heteroatoms. The van der Waals surface area contributed by atoms with Gasteiger partial charge in [0, 0.05) is 69.5 Å². The first-order valence-corrected chi connectivity index (χ1v) is 10.8. The Kier molecular flexibility index (Phi) is 6.21. The molecule has 0 radical (unpaired) electrons. The van der Waals surface area contributed by atoms with E-state index in [0.29, 0.717) is 18.5 Å². The topological polar surface area (TPSA) is 52.0 Å². The van der Waals surface area contributed by atoms with Crippen LogP contribution in [-0.4, -0.2) is 71.2 Å². The molecule has 1 amide bonds. The minimum atomic E-state index is -0.544. The van der Waals surface area contributed by atoms with Crippen LogP contribution in [0.1, 0.15) is 41.8 Å². The minimum Gasteiger partial charge on any atom is -0.388 e. The van der Waals surface area contributed by atoms with Crippen LogP contribution in [0.5, 0.6) is 0 Å². The van der Waals surface area contributed by atoms with Crippen LogP contribution in [0.15, 0.2) is 42.7 Å². The number of aliphatic hydroxyl groups excluding tert-OH is 1. The number of benzene rings is 1. The van der Waals surface area contributed by atoms with E-state index in [1.165, 1.54) is 5.69 Å². The van der Waals surface area contributed by atoms with Gasteiger partial charge >= 0.3 is 0 Å². The Morgan fingerprint density at radius 1 is 1.00 bits per heavy atom. The van der Waals surface area contributed by atoms with E-state index in [-0.39, 0.29) is 5.91 Å². The van der Waals surface area contributed by atoms with E-state index in [1.54, 1.807) is 0 Å². The molecule has 0 aliphatic carbocycles. The lowest BCUT2D eigenvalue weighted by atomic mass is 10.1. The zero-order valence-corrected chi connectivity index (χ0v) is 17.3. The van der Waals surface area contributed by atoms with Crippen molar-refractivity contribution in [1.29, 1.82) is 0 Å². The quantitative estimate of drug-likeness (QED) is 0.816. The molecule has 1 saturated heterocycles. The van der Waals surface area contributed by atoms with Crippen molar-refractivity contribution < 1.29 is 9.90 Å². The van der Waals surface area contributed by atoms with Gasteiger partial charge in [-0.15, -0.1) is 0 Å². The number of carbonyl (C=O) groups excluding carboxylic acids is 1. The van der Waals surface area contributed by atoms with Gasteiger partial charge in [-0.1, -0.05) is 18.2 Å². The number of rotatable bonds is 6. The normalized spacial score (nSPS) is 20.6. The van der Waals surface area contributed by atoms with Crippen LogP contribution in [0, 0.1) is 0 Å². The van der Waals surface area contributed by atoms with E-state index in [1.807, 2.05) is 28.8 Å². The van der Waals surface area contributed by atoms with E-state index in [0.717, 1.165) is 57.8 Å². The van der Waals surface area contributed by atoms with Gasteiger partial charge in [-0.3, -0.25) is 9.69 Å². The van der Waals surface area contributed by atoms with Crippen molar-refractivity contribution in [2.24, 2.45) is 0 Å². The molecule has 0 bridgehead atoms. The number of amides is 1. The molecule has 2 aliphatic rings. The van der Waals surface area contributed by atoms with Crippen LogP contribution in [0.3, 0.4) is 0 Å². The number of para-hydroxylation sites is 1. The highest BCUT2D eigenvalue weighted by atomic mass is 16.3. The lowest BCUT2D eigenvalue weighted by molar-refractivity contribution is 0.0737. The maximum Gasteiger partial charge on any atom is 0.255 e. The minimum absolute atomic E-state index is 0.0673. The molecule has 1 aromatic heterocycles. The lowest BCUT2D eigenvalue weighted by Gasteiger charge is -2.36. The summed E-state index contributed by atoms with van der Waals surface area (Å²) in [5, 5.41) is 10.4. The third-order valence-electron chi connectivity index (χ3n) is 6.22. The van der Waals surface area contributed by atoms with E-state index in [9.17, 15) is 9.90 Å². The molecule has 0 spiro atoms. The zero-order chi connectivity index (χ0) is 20.2. The molecule has 0 saturated carbocycles. The van der Waals surface area contributed by atoms with Gasteiger partial charge in [0.25, 0.3) is 5.91 Å². The highest BCUT2D eigenvalue weighted by Crippen LogP contribution is 2.27. The number of piperazine rings is 1. The Labute approximate surface area is 173 Å². The fourth-order valence-corrected chi connectivity index (χ4v) is 4.43. The first-order valence-electron chi connectivity index (χ1n) is 10.8. The molecule has 1 fully saturated rings. The van der Waals surface area contributed by atoms with Gasteiger partial charge in [-0.2, -0.15) is 0 Å². The molecule has 1 aromatic carbocycles. The highest BCUT2D eigenvalue weighted by molar-refractivity contribution is 5.96. The molecule has 3 heterocycles. The number of carbonyl (C=O) groups is 1. The Hall–Kier alpha value is -2.31. The molecule has 29 heavy (non-hydrogen) atoms. The summed E-state index contributed by atoms with van der Waals surface area (Å²) in [5.41, 5.74) is 2.76. The maximum atomic E-state index is 13.0. The smallest absolute Gasteiger partial charge is 0.255 e. The highest BCUT2D eigenvalue weighted by Gasteiger charge is 2.28. The fraction of sp³-hybridized carbons (Fsp3) is 0.522. The molecule has 1 unspecified atom stereocenters. The van der Waals surface area contributed by atoms with Gasteiger partial charge in [-0.05, 0) is 38.4 Å². The average Bonchev–Trinajstić information content (AvgIpc) is 3.17. The second kappa shape index (κ2) is 9.01. The molecule has 6 nitrogen and oxygen atoms in total. The second-order valence-corrected chi connectivity index (χ2v) is 8.07. The molecule has 1 atom stereocenters. The van der Waals surface area contributed by atoms with Crippen LogP contribution in [-0.2, 0) is 6.54 Å². The number of nitrogens with zero attached hydrogens (tertiary/aromatic N) is 4. The third kappa shape index (κ3) is 4.49. The number of aryl methyl sites for hydroxylation is 1. The van der Waals surface area contributed by atoms with Crippen LogP contribution in [0.4, 0.5) is 5.69 Å². The van der Waals surface area contributed by atoms with Crippen molar-refractivity contribution in [2.75, 3.05) is 50.7 Å². The Morgan fingerprint density at radius 2 is 1.76 bits per heavy atom. The Morgan fingerprint density at radius 3 is 2.48 bits per heavy atom. The predicted octanol–water partition coefficient (Wildman–Crippen LogP) is 2.60. The van der Waals surface area contributed by atoms with Crippen molar-refractivity contribution in [3.8, 4) is 0 Å². The molecule has 4 rings (SSSR count). The SMILES string of the molecule is CCn1cc2c(c1)C(O)CCN(CCCN1CCN(c3ccccc3)CC1)C2=O. The van der Waals surface area contributed by atoms with Crippen LogP contribution < -0.4 is 4.90 Å². The first kappa shape index (κ1) is 20.0. The summed E-state index contributed by atoms with van der Waals surface area (Å²) < 4.78 is 1.99. The van der Waals surface area contributed by atoms with Crippen LogP contribution >= 0.6 is 0 Å². The summed E-state index contributed by atoms with van der Waals surface area (Å²) in [7, 11) is 0. The van der Waals surface area contributed by atoms with Gasteiger partial charge in [0.05, 0.1) is 11.7 Å². The number of aliphatic hydroxyl groups is 1. The zero-order valence-electron chi connectivity index (χ0n) is 17.3. The molecular weight excluding hydrogens is 364 g/mol. The number of anilines is 1. The van der Waals surface area contributed by atoms with Crippen LogP contribution in [0.2, 0.25) is 0 Å². The monoisotopic (exact) mass is 396 g/mol. The first-order chi connectivity index (χ1) is 14.2. The molecule has 2 aromatic rings. The Balaban J connectivity index is 1.27. The van der Waals surface area contributed by atoms with Crippen molar-refractivity contribution in [3.05, 3.63) is 53.9 Å². The number of hydrogen-bond donors (Lipinski definition) is 1.